The second kappa shape index (κ2) is 5.57. The normalized spacial score (nSPS) is 12.0. The molecule has 1 rings (SSSR count). The molecule has 0 bridgehead atoms. The van der Waals surface area contributed by atoms with Crippen molar-refractivity contribution in [1.29, 1.82) is 0 Å². The molecule has 0 radical (unpaired) electrons. The van der Waals surface area contributed by atoms with Crippen molar-refractivity contribution in [2.24, 2.45) is 0 Å². The zero-order valence-corrected chi connectivity index (χ0v) is 10.9. The van der Waals surface area contributed by atoms with Crippen molar-refractivity contribution in [3.8, 4) is 0 Å². The predicted octanol–water partition coefficient (Wildman–Crippen LogP) is 1.86. The van der Waals surface area contributed by atoms with Crippen molar-refractivity contribution in [2.45, 2.75) is 26.8 Å². The Morgan fingerprint density at radius 1 is 1.53 bits per heavy atom. The van der Waals surface area contributed by atoms with Crippen molar-refractivity contribution in [3.05, 3.63) is 23.8 Å². The van der Waals surface area contributed by atoms with E-state index in [-0.39, 0.29) is 11.9 Å². The lowest BCUT2D eigenvalue weighted by Crippen LogP contribution is -2.38. The van der Waals surface area contributed by atoms with Gasteiger partial charge in [0.15, 0.2) is 0 Å². The SMILES string of the molecule is CCN(C)C(=O)C(C)Nc1cccc(N)c1C. The lowest BCUT2D eigenvalue weighted by molar-refractivity contribution is -0.130. The fraction of sp³-hybridized carbons (Fsp3) is 0.462. The second-order valence-corrected chi connectivity index (χ2v) is 4.24. The first kappa shape index (κ1) is 13.4. The van der Waals surface area contributed by atoms with Crippen LogP contribution in [0.4, 0.5) is 11.4 Å². The van der Waals surface area contributed by atoms with Crippen molar-refractivity contribution < 1.29 is 4.79 Å². The van der Waals surface area contributed by atoms with E-state index in [4.69, 9.17) is 5.73 Å². The molecule has 0 saturated carbocycles. The minimum Gasteiger partial charge on any atom is -0.398 e. The van der Waals surface area contributed by atoms with Crippen LogP contribution in [0.2, 0.25) is 0 Å². The van der Waals surface area contributed by atoms with Crippen molar-refractivity contribution in [1.82, 2.24) is 4.90 Å². The maximum atomic E-state index is 11.9. The van der Waals surface area contributed by atoms with E-state index < -0.39 is 0 Å². The average molecular weight is 235 g/mol. The fourth-order valence-corrected chi connectivity index (χ4v) is 1.59. The number of carbonyl (C=O) groups excluding carboxylic acids is 1. The number of hydrogen-bond acceptors (Lipinski definition) is 3. The highest BCUT2D eigenvalue weighted by Gasteiger charge is 2.16. The monoisotopic (exact) mass is 235 g/mol. The van der Waals surface area contributed by atoms with Gasteiger partial charge in [0.25, 0.3) is 0 Å². The molecule has 0 saturated heterocycles. The number of carbonyl (C=O) groups is 1. The zero-order valence-electron chi connectivity index (χ0n) is 10.9. The van der Waals surface area contributed by atoms with E-state index in [1.807, 2.05) is 39.0 Å². The molecule has 0 heterocycles. The molecule has 1 unspecified atom stereocenters. The molecule has 0 aliphatic rings. The highest BCUT2D eigenvalue weighted by Crippen LogP contribution is 2.21. The smallest absolute Gasteiger partial charge is 0.244 e. The molecule has 1 aromatic carbocycles. The number of anilines is 2. The van der Waals surface area contributed by atoms with Crippen molar-refractivity contribution in [2.75, 3.05) is 24.6 Å². The Hall–Kier alpha value is -1.71. The summed E-state index contributed by atoms with van der Waals surface area (Å²) in [7, 11) is 1.80. The van der Waals surface area contributed by atoms with Gasteiger partial charge in [0.2, 0.25) is 5.91 Å². The summed E-state index contributed by atoms with van der Waals surface area (Å²) in [6.07, 6.45) is 0. The van der Waals surface area contributed by atoms with Gasteiger partial charge in [-0.2, -0.15) is 0 Å². The van der Waals surface area contributed by atoms with Crippen LogP contribution in [0.15, 0.2) is 18.2 Å². The minimum atomic E-state index is -0.250. The Bertz CT molecular complexity index is 404. The van der Waals surface area contributed by atoms with Crippen LogP contribution in [0.5, 0.6) is 0 Å². The predicted molar refractivity (Wildman–Crippen MR) is 72.0 cm³/mol. The number of nitrogen functional groups attached to an aromatic ring is 1. The van der Waals surface area contributed by atoms with E-state index >= 15 is 0 Å². The summed E-state index contributed by atoms with van der Waals surface area (Å²) in [5, 5.41) is 3.19. The van der Waals surface area contributed by atoms with Gasteiger partial charge in [0, 0.05) is 25.0 Å². The molecular weight excluding hydrogens is 214 g/mol. The quantitative estimate of drug-likeness (QED) is 0.783. The van der Waals surface area contributed by atoms with E-state index in [0.29, 0.717) is 6.54 Å². The Kier molecular flexibility index (Phi) is 4.37. The Morgan fingerprint density at radius 3 is 2.76 bits per heavy atom. The van der Waals surface area contributed by atoms with Crippen LogP contribution in [-0.2, 0) is 4.79 Å². The number of rotatable bonds is 4. The minimum absolute atomic E-state index is 0.0781. The second-order valence-electron chi connectivity index (χ2n) is 4.24. The van der Waals surface area contributed by atoms with Gasteiger partial charge in [-0.15, -0.1) is 0 Å². The van der Waals surface area contributed by atoms with Gasteiger partial charge in [0.05, 0.1) is 0 Å². The maximum absolute atomic E-state index is 11.9. The largest absolute Gasteiger partial charge is 0.398 e. The average Bonchev–Trinajstić information content (AvgIpc) is 2.32. The molecule has 0 aliphatic carbocycles. The third kappa shape index (κ3) is 3.12. The molecule has 1 aromatic rings. The summed E-state index contributed by atoms with van der Waals surface area (Å²) in [5.74, 6) is 0.0781. The van der Waals surface area contributed by atoms with Gasteiger partial charge in [-0.05, 0) is 38.5 Å². The number of benzene rings is 1. The first-order valence-electron chi connectivity index (χ1n) is 5.84. The van der Waals surface area contributed by atoms with E-state index in [9.17, 15) is 4.79 Å². The summed E-state index contributed by atoms with van der Waals surface area (Å²) in [4.78, 5) is 13.6. The zero-order chi connectivity index (χ0) is 13.0. The number of nitrogens with one attached hydrogen (secondary N) is 1. The van der Waals surface area contributed by atoms with Gasteiger partial charge in [-0.1, -0.05) is 6.07 Å². The van der Waals surface area contributed by atoms with Crippen LogP contribution in [0, 0.1) is 6.92 Å². The van der Waals surface area contributed by atoms with Gasteiger partial charge in [-0.3, -0.25) is 4.79 Å². The number of hydrogen-bond donors (Lipinski definition) is 2. The lowest BCUT2D eigenvalue weighted by Gasteiger charge is -2.22. The fourth-order valence-electron chi connectivity index (χ4n) is 1.59. The molecule has 0 aromatic heterocycles. The molecule has 0 spiro atoms. The summed E-state index contributed by atoms with van der Waals surface area (Å²) in [5.41, 5.74) is 8.45. The molecule has 0 aliphatic heterocycles. The molecule has 1 atom stereocenters. The summed E-state index contributed by atoms with van der Waals surface area (Å²) in [6, 6.07) is 5.42. The first-order valence-corrected chi connectivity index (χ1v) is 5.84. The van der Waals surface area contributed by atoms with Crippen LogP contribution in [0.1, 0.15) is 19.4 Å². The van der Waals surface area contributed by atoms with Crippen LogP contribution in [0.3, 0.4) is 0 Å². The van der Waals surface area contributed by atoms with Gasteiger partial charge >= 0.3 is 0 Å². The van der Waals surface area contributed by atoms with Crippen LogP contribution in [0.25, 0.3) is 0 Å². The third-order valence-electron chi connectivity index (χ3n) is 2.97. The first-order chi connectivity index (χ1) is 7.97. The standard InChI is InChI=1S/C13H21N3O/c1-5-16(4)13(17)10(3)15-12-8-6-7-11(14)9(12)2/h6-8,10,15H,5,14H2,1-4H3. The molecular formula is C13H21N3O. The third-order valence-corrected chi connectivity index (χ3v) is 2.97. The van der Waals surface area contributed by atoms with E-state index in [2.05, 4.69) is 5.32 Å². The van der Waals surface area contributed by atoms with Gasteiger partial charge < -0.3 is 16.0 Å². The number of nitrogens with zero attached hydrogens (tertiary/aromatic N) is 1. The molecule has 3 N–H and O–H groups in total. The Balaban J connectivity index is 2.78. The lowest BCUT2D eigenvalue weighted by atomic mass is 10.1. The molecule has 0 fully saturated rings. The maximum Gasteiger partial charge on any atom is 0.244 e. The van der Waals surface area contributed by atoms with Gasteiger partial charge in [-0.25, -0.2) is 0 Å². The summed E-state index contributed by atoms with van der Waals surface area (Å²) >= 11 is 0. The summed E-state index contributed by atoms with van der Waals surface area (Å²) in [6.45, 7) is 6.46. The topological polar surface area (TPSA) is 58.4 Å². The van der Waals surface area contributed by atoms with E-state index in [1.165, 1.54) is 0 Å². The summed E-state index contributed by atoms with van der Waals surface area (Å²) < 4.78 is 0. The highest BCUT2D eigenvalue weighted by atomic mass is 16.2. The number of nitrogens with two attached hydrogens (primary N) is 1. The number of amides is 1. The van der Waals surface area contributed by atoms with Gasteiger partial charge in [0.1, 0.15) is 6.04 Å². The Morgan fingerprint density at radius 2 is 2.18 bits per heavy atom. The molecule has 94 valence electrons. The van der Waals surface area contributed by atoms with Crippen LogP contribution >= 0.6 is 0 Å². The van der Waals surface area contributed by atoms with Crippen molar-refractivity contribution >= 4 is 17.3 Å². The molecule has 4 heteroatoms. The molecule has 17 heavy (non-hydrogen) atoms. The molecule has 4 nitrogen and oxygen atoms in total. The van der Waals surface area contributed by atoms with Crippen LogP contribution in [-0.4, -0.2) is 30.4 Å². The van der Waals surface area contributed by atoms with E-state index in [1.54, 1.807) is 11.9 Å². The highest BCUT2D eigenvalue weighted by molar-refractivity contribution is 5.84. The van der Waals surface area contributed by atoms with E-state index in [0.717, 1.165) is 16.9 Å². The Labute approximate surface area is 103 Å². The van der Waals surface area contributed by atoms with Crippen molar-refractivity contribution in [3.63, 3.8) is 0 Å². The number of likely N-dealkylation sites (N-methyl/N-ethyl adjacent to an activating group) is 1. The van der Waals surface area contributed by atoms with Crippen LogP contribution < -0.4 is 11.1 Å². The molecule has 1 amide bonds.